The molecule has 0 spiro atoms. The van der Waals surface area contributed by atoms with E-state index in [9.17, 15) is 24.2 Å². The van der Waals surface area contributed by atoms with Crippen molar-refractivity contribution in [3.05, 3.63) is 70.0 Å². The van der Waals surface area contributed by atoms with Crippen molar-refractivity contribution < 1.29 is 24.2 Å². The summed E-state index contributed by atoms with van der Waals surface area (Å²) in [7, 11) is 0. The van der Waals surface area contributed by atoms with Gasteiger partial charge in [-0.2, -0.15) is 0 Å². The van der Waals surface area contributed by atoms with Gasteiger partial charge in [0.05, 0.1) is 17.2 Å². The van der Waals surface area contributed by atoms with Crippen LogP contribution < -0.4 is 0 Å². The summed E-state index contributed by atoms with van der Waals surface area (Å²) < 4.78 is 14.1. The minimum Gasteiger partial charge on any atom is -0.507 e. The Balaban J connectivity index is 2.10. The molecular weight excluding hydrogens is 423 g/mol. The number of carbonyl (C=O) groups is 2. The molecule has 0 radical (unpaired) electrons. The number of rotatable bonds is 8. The van der Waals surface area contributed by atoms with E-state index in [0.717, 1.165) is 30.8 Å². The Hall–Kier alpha value is -3.19. The predicted octanol–water partition coefficient (Wildman–Crippen LogP) is 4.30. The predicted molar refractivity (Wildman–Crippen MR) is 125 cm³/mol. The van der Waals surface area contributed by atoms with Gasteiger partial charge in [0.25, 0.3) is 11.7 Å². The van der Waals surface area contributed by atoms with E-state index >= 15 is 0 Å². The number of phenolic OH excluding ortho intramolecular Hbond substituents is 1. The van der Waals surface area contributed by atoms with Crippen LogP contribution >= 0.6 is 0 Å². The second-order valence-electron chi connectivity index (χ2n) is 8.38. The molecule has 0 aliphatic carbocycles. The van der Waals surface area contributed by atoms with Gasteiger partial charge in [-0.15, -0.1) is 0 Å². The lowest BCUT2D eigenvalue weighted by molar-refractivity contribution is -0.140. The smallest absolute Gasteiger partial charge is 0.295 e. The van der Waals surface area contributed by atoms with Gasteiger partial charge in [0.2, 0.25) is 0 Å². The molecule has 3 rings (SSSR count). The first-order valence-corrected chi connectivity index (χ1v) is 11.3. The number of aromatic hydroxyl groups is 1. The van der Waals surface area contributed by atoms with Crippen LogP contribution in [0.15, 0.2) is 42.0 Å². The van der Waals surface area contributed by atoms with Crippen molar-refractivity contribution in [1.82, 2.24) is 9.80 Å². The molecule has 0 bridgehead atoms. The van der Waals surface area contributed by atoms with Gasteiger partial charge in [0.15, 0.2) is 0 Å². The van der Waals surface area contributed by atoms with Crippen molar-refractivity contribution in [3.8, 4) is 5.75 Å². The lowest BCUT2D eigenvalue weighted by Crippen LogP contribution is -2.33. The highest BCUT2D eigenvalue weighted by molar-refractivity contribution is 6.46. The minimum absolute atomic E-state index is 0.0700. The van der Waals surface area contributed by atoms with E-state index in [4.69, 9.17) is 0 Å². The molecule has 1 heterocycles. The summed E-state index contributed by atoms with van der Waals surface area (Å²) >= 11 is 0. The van der Waals surface area contributed by atoms with Crippen molar-refractivity contribution in [2.24, 2.45) is 0 Å². The van der Waals surface area contributed by atoms with Crippen LogP contribution in [0.2, 0.25) is 0 Å². The van der Waals surface area contributed by atoms with E-state index in [2.05, 4.69) is 18.7 Å². The summed E-state index contributed by atoms with van der Waals surface area (Å²) in [4.78, 5) is 29.7. The standard InChI is InChI=1S/C26H31FN2O4/c1-5-28(6-2)11-8-12-29-23(18-9-7-10-19(27)15-18)22(25(32)26(29)33)24(31)20-13-16(3)17(4)14-21(20)30/h7,9-10,13-15,23,30-31H,5-6,8,11-12H2,1-4H3/t23-/m1/s1. The van der Waals surface area contributed by atoms with Crippen molar-refractivity contribution in [2.45, 2.75) is 40.2 Å². The van der Waals surface area contributed by atoms with Gasteiger partial charge in [-0.1, -0.05) is 26.0 Å². The maximum Gasteiger partial charge on any atom is 0.295 e. The molecule has 33 heavy (non-hydrogen) atoms. The van der Waals surface area contributed by atoms with Gasteiger partial charge < -0.3 is 20.0 Å². The molecule has 1 saturated heterocycles. The number of benzene rings is 2. The first kappa shape index (κ1) is 24.5. The Bertz CT molecular complexity index is 1090. The van der Waals surface area contributed by atoms with Crippen LogP contribution in [-0.2, 0) is 9.59 Å². The lowest BCUT2D eigenvalue weighted by atomic mass is 9.93. The van der Waals surface area contributed by atoms with E-state index in [0.29, 0.717) is 12.0 Å². The van der Waals surface area contributed by atoms with Crippen molar-refractivity contribution in [3.63, 3.8) is 0 Å². The first-order chi connectivity index (χ1) is 15.7. The number of phenols is 1. The van der Waals surface area contributed by atoms with Gasteiger partial charge in [-0.3, -0.25) is 9.59 Å². The number of likely N-dealkylation sites (tertiary alicyclic amines) is 1. The number of hydrogen-bond donors (Lipinski definition) is 2. The molecule has 2 N–H and O–H groups in total. The molecule has 7 heteroatoms. The Morgan fingerprint density at radius 2 is 1.76 bits per heavy atom. The molecule has 1 amide bonds. The van der Waals surface area contributed by atoms with E-state index in [1.807, 2.05) is 13.8 Å². The summed E-state index contributed by atoms with van der Waals surface area (Å²) in [6, 6.07) is 7.82. The van der Waals surface area contributed by atoms with E-state index in [-0.39, 0.29) is 23.4 Å². The third-order valence-electron chi connectivity index (χ3n) is 6.34. The number of carbonyl (C=O) groups excluding carboxylic acids is 2. The number of ketones is 1. The Morgan fingerprint density at radius 1 is 1.09 bits per heavy atom. The third kappa shape index (κ3) is 4.93. The first-order valence-electron chi connectivity index (χ1n) is 11.3. The molecule has 176 valence electrons. The second kappa shape index (κ2) is 10.2. The number of Topliss-reactive ketones (excluding diaryl/α,β-unsaturated/α-hetero) is 1. The lowest BCUT2D eigenvalue weighted by Gasteiger charge is -2.27. The molecule has 0 unspecified atom stereocenters. The van der Waals surface area contributed by atoms with E-state index in [1.54, 1.807) is 12.1 Å². The Labute approximate surface area is 193 Å². The van der Waals surface area contributed by atoms with Gasteiger partial charge in [-0.05, 0) is 80.9 Å². The average Bonchev–Trinajstić information content (AvgIpc) is 3.03. The number of hydrogen-bond acceptors (Lipinski definition) is 5. The molecule has 1 atom stereocenters. The van der Waals surface area contributed by atoms with Crippen LogP contribution in [0, 0.1) is 19.7 Å². The van der Waals surface area contributed by atoms with E-state index in [1.165, 1.54) is 29.2 Å². The van der Waals surface area contributed by atoms with Crippen molar-refractivity contribution in [1.29, 1.82) is 0 Å². The fourth-order valence-corrected chi connectivity index (χ4v) is 4.27. The molecule has 0 saturated carbocycles. The van der Waals surface area contributed by atoms with Gasteiger partial charge >= 0.3 is 0 Å². The fraction of sp³-hybridized carbons (Fsp3) is 0.385. The average molecular weight is 455 g/mol. The van der Waals surface area contributed by atoms with E-state index < -0.39 is 29.3 Å². The molecule has 1 fully saturated rings. The van der Waals surface area contributed by atoms with Crippen LogP contribution in [0.1, 0.15) is 48.6 Å². The van der Waals surface area contributed by atoms with Crippen LogP contribution in [0.25, 0.3) is 5.76 Å². The highest BCUT2D eigenvalue weighted by Crippen LogP contribution is 2.41. The largest absolute Gasteiger partial charge is 0.507 e. The number of amides is 1. The van der Waals surface area contributed by atoms with Crippen LogP contribution in [0.5, 0.6) is 5.75 Å². The number of aliphatic hydroxyl groups is 1. The maximum absolute atomic E-state index is 14.1. The van der Waals surface area contributed by atoms with Gasteiger partial charge in [0.1, 0.15) is 17.3 Å². The molecular formula is C26H31FN2O4. The maximum atomic E-state index is 14.1. The molecule has 1 aliphatic rings. The highest BCUT2D eigenvalue weighted by atomic mass is 19.1. The number of halogens is 1. The highest BCUT2D eigenvalue weighted by Gasteiger charge is 2.46. The molecule has 0 aromatic heterocycles. The number of nitrogens with zero attached hydrogens (tertiary/aromatic N) is 2. The monoisotopic (exact) mass is 454 g/mol. The van der Waals surface area contributed by atoms with Crippen molar-refractivity contribution >= 4 is 17.4 Å². The molecule has 2 aromatic carbocycles. The molecule has 1 aliphatic heterocycles. The fourth-order valence-electron chi connectivity index (χ4n) is 4.27. The summed E-state index contributed by atoms with van der Waals surface area (Å²) in [5.41, 5.74) is 1.95. The topological polar surface area (TPSA) is 81.1 Å². The normalized spacial score (nSPS) is 17.9. The third-order valence-corrected chi connectivity index (χ3v) is 6.34. The number of aliphatic hydroxyl groups excluding tert-OH is 1. The molecule has 6 nitrogen and oxygen atoms in total. The van der Waals surface area contributed by atoms with Gasteiger partial charge in [-0.25, -0.2) is 4.39 Å². The SMILES string of the molecule is CCN(CC)CCCN1C(=O)C(=O)C(=C(O)c2cc(C)c(C)cc2O)[C@H]1c1cccc(F)c1. The minimum atomic E-state index is -0.946. The Morgan fingerprint density at radius 3 is 2.39 bits per heavy atom. The van der Waals surface area contributed by atoms with Crippen LogP contribution in [0.4, 0.5) is 4.39 Å². The van der Waals surface area contributed by atoms with Crippen molar-refractivity contribution in [2.75, 3.05) is 26.2 Å². The summed E-state index contributed by atoms with van der Waals surface area (Å²) in [5, 5.41) is 21.6. The molecule has 2 aromatic rings. The summed E-state index contributed by atoms with van der Waals surface area (Å²) in [6.07, 6.45) is 0.620. The van der Waals surface area contributed by atoms with Gasteiger partial charge in [0, 0.05) is 6.54 Å². The van der Waals surface area contributed by atoms with Crippen LogP contribution in [-0.4, -0.2) is 57.9 Å². The zero-order valence-corrected chi connectivity index (χ0v) is 19.6. The number of aryl methyl sites for hydroxylation is 2. The zero-order chi connectivity index (χ0) is 24.3. The Kier molecular flexibility index (Phi) is 7.53. The summed E-state index contributed by atoms with van der Waals surface area (Å²) in [6.45, 7) is 10.5. The summed E-state index contributed by atoms with van der Waals surface area (Å²) in [5.74, 6) is -2.75. The quantitative estimate of drug-likeness (QED) is 0.353. The second-order valence-corrected chi connectivity index (χ2v) is 8.38. The zero-order valence-electron chi connectivity index (χ0n) is 19.6. The van der Waals surface area contributed by atoms with Crippen LogP contribution in [0.3, 0.4) is 0 Å².